The Labute approximate surface area is 269 Å². The van der Waals surface area contributed by atoms with E-state index in [4.69, 9.17) is 0 Å². The fourth-order valence-corrected chi connectivity index (χ4v) is 27.4. The van der Waals surface area contributed by atoms with Crippen molar-refractivity contribution in [2.45, 2.75) is 118 Å². The van der Waals surface area contributed by atoms with Gasteiger partial charge in [0.05, 0.1) is 48.4 Å². The predicted molar refractivity (Wildman–Crippen MR) is 219 cm³/mol. The highest BCUT2D eigenvalue weighted by Crippen LogP contribution is 2.40. The quantitative estimate of drug-likeness (QED) is 0.162. The summed E-state index contributed by atoms with van der Waals surface area (Å²) in [5, 5.41) is 30.6. The van der Waals surface area contributed by atoms with Gasteiger partial charge in [0.2, 0.25) is 0 Å². The molecule has 0 atom stereocenters. The number of hydrogen-bond donors (Lipinski definition) is 1. The lowest BCUT2D eigenvalue weighted by Gasteiger charge is -2.39. The summed E-state index contributed by atoms with van der Waals surface area (Å²) in [7, 11) is -11.0. The molecule has 4 rings (SSSR count). The van der Waals surface area contributed by atoms with E-state index < -0.39 is 48.4 Å². The molecule has 0 heterocycles. The molecule has 0 spiro atoms. The summed E-state index contributed by atoms with van der Waals surface area (Å²) >= 11 is 0. The third kappa shape index (κ3) is 5.91. The molecule has 4 aromatic carbocycles. The van der Waals surface area contributed by atoms with Gasteiger partial charge in [-0.1, -0.05) is 174 Å². The van der Waals surface area contributed by atoms with E-state index in [9.17, 15) is 5.11 Å². The van der Waals surface area contributed by atoms with Crippen LogP contribution in [-0.4, -0.2) is 53.5 Å². The minimum absolute atomic E-state index is 0.608. The van der Waals surface area contributed by atoms with Crippen molar-refractivity contribution in [3.63, 3.8) is 0 Å². The Hall–Kier alpha value is -1.24. The van der Waals surface area contributed by atoms with Gasteiger partial charge in [0, 0.05) is 5.39 Å². The highest BCUT2D eigenvalue weighted by Gasteiger charge is 2.41. The molecule has 0 unspecified atom stereocenters. The van der Waals surface area contributed by atoms with Crippen LogP contribution in [0.1, 0.15) is 0 Å². The third-order valence-corrected chi connectivity index (χ3v) is 22.1. The van der Waals surface area contributed by atoms with Crippen molar-refractivity contribution in [2.24, 2.45) is 0 Å². The summed E-state index contributed by atoms with van der Waals surface area (Å²) in [4.78, 5) is 0. The van der Waals surface area contributed by atoms with Crippen LogP contribution in [0, 0.1) is 0 Å². The van der Waals surface area contributed by atoms with Gasteiger partial charge in [-0.15, -0.1) is 0 Å². The Morgan fingerprint density at radius 1 is 0.372 bits per heavy atom. The second-order valence-electron chi connectivity index (χ2n) is 19.4. The second-order valence-corrected chi connectivity index (χ2v) is 49.4. The van der Waals surface area contributed by atoms with Crippen molar-refractivity contribution >= 4 is 112 Å². The zero-order valence-corrected chi connectivity index (χ0v) is 36.8. The Morgan fingerprint density at radius 3 is 1.16 bits per heavy atom. The first-order chi connectivity index (χ1) is 19.1. The van der Waals surface area contributed by atoms with Crippen LogP contribution in [0.4, 0.5) is 0 Å². The molecule has 0 fully saturated rings. The van der Waals surface area contributed by atoms with Crippen LogP contribution in [-0.2, 0) is 0 Å². The van der Waals surface area contributed by atoms with Gasteiger partial charge in [-0.25, -0.2) is 0 Å². The summed E-state index contributed by atoms with van der Waals surface area (Å²) in [5.41, 5.74) is 0. The van der Waals surface area contributed by atoms with Crippen LogP contribution in [0.3, 0.4) is 0 Å². The van der Waals surface area contributed by atoms with Crippen molar-refractivity contribution in [3.05, 3.63) is 30.3 Å². The first-order valence-corrected chi connectivity index (χ1v) is 37.4. The molecule has 0 aliphatic carbocycles. The van der Waals surface area contributed by atoms with E-state index in [2.05, 4.69) is 148 Å². The van der Waals surface area contributed by atoms with Crippen LogP contribution in [0.15, 0.2) is 30.3 Å². The Kier molecular flexibility index (Phi) is 8.37. The normalized spacial score (nSPS) is 14.4. The number of phenols is 1. The number of rotatable bonds is 6. The first kappa shape index (κ1) is 34.6. The fraction of sp³-hybridized carbons (Fsp3) is 0.500. The zero-order chi connectivity index (χ0) is 33.0. The van der Waals surface area contributed by atoms with Crippen molar-refractivity contribution in [3.8, 4) is 5.75 Å². The van der Waals surface area contributed by atoms with E-state index in [1.807, 2.05) is 0 Å². The van der Waals surface area contributed by atoms with Gasteiger partial charge in [-0.3, -0.25) is 0 Å². The van der Waals surface area contributed by atoms with E-state index in [-0.39, 0.29) is 0 Å². The molecule has 0 radical (unpaired) electrons. The number of benzene rings is 4. The lowest BCUT2D eigenvalue weighted by molar-refractivity contribution is 0.486. The third-order valence-electron chi connectivity index (χ3n) is 9.10. The van der Waals surface area contributed by atoms with Crippen LogP contribution >= 0.6 is 0 Å². The topological polar surface area (TPSA) is 20.2 Å². The molecule has 0 saturated carbocycles. The lowest BCUT2D eigenvalue weighted by atomic mass is 9.93. The smallest absolute Gasteiger partial charge is 0.123 e. The monoisotopic (exact) mass is 676 g/mol. The largest absolute Gasteiger partial charge is 0.507 e. The van der Waals surface area contributed by atoms with Crippen LogP contribution in [0.2, 0.25) is 118 Å². The van der Waals surface area contributed by atoms with E-state index in [1.54, 1.807) is 25.9 Å². The Morgan fingerprint density at radius 2 is 0.767 bits per heavy atom. The summed E-state index contributed by atoms with van der Waals surface area (Å²) < 4.78 is 0. The van der Waals surface area contributed by atoms with Crippen molar-refractivity contribution in [2.75, 3.05) is 0 Å². The molecular weight excluding hydrogens is 617 g/mol. The van der Waals surface area contributed by atoms with E-state index in [0.29, 0.717) is 5.75 Å². The molecule has 4 aromatic rings. The molecule has 0 bridgehead atoms. The summed E-state index contributed by atoms with van der Waals surface area (Å²) in [6.07, 6.45) is 0. The zero-order valence-electron chi connectivity index (χ0n) is 30.8. The minimum atomic E-state index is -1.91. The van der Waals surface area contributed by atoms with Gasteiger partial charge >= 0.3 is 0 Å². The van der Waals surface area contributed by atoms with Gasteiger partial charge in [-0.2, -0.15) is 0 Å². The van der Waals surface area contributed by atoms with Crippen LogP contribution in [0.5, 0.6) is 5.75 Å². The molecule has 0 saturated heterocycles. The first-order valence-electron chi connectivity index (χ1n) is 16.4. The number of hydrogen-bond acceptors (Lipinski definition) is 1. The maximum Gasteiger partial charge on any atom is 0.123 e. The maximum atomic E-state index is 12.8. The van der Waals surface area contributed by atoms with Gasteiger partial charge in [0.15, 0.2) is 0 Å². The van der Waals surface area contributed by atoms with E-state index in [0.717, 1.165) is 5.39 Å². The summed E-state index contributed by atoms with van der Waals surface area (Å²) in [5.74, 6) is 0.608. The van der Waals surface area contributed by atoms with Crippen molar-refractivity contribution in [1.29, 1.82) is 0 Å². The molecule has 0 aliphatic heterocycles. The Bertz CT molecular complexity index is 1760. The SMILES string of the molecule is C[Si](C)(C)c1cc2c3ccccc3c3c(O)c([Si](C)(C)C)c([Si](C)(C)C)c([Si](C)(C)C)c3c2c([Si](C)(C)C)c1[Si](C)(C)C. The number of phenolic OH excluding ortho intramolecular Hbond substituents is 1. The number of fused-ring (bicyclic) bond motifs is 6. The molecule has 43 heavy (non-hydrogen) atoms. The van der Waals surface area contributed by atoms with Gasteiger partial charge < -0.3 is 5.11 Å². The maximum absolute atomic E-state index is 12.8. The van der Waals surface area contributed by atoms with Crippen molar-refractivity contribution < 1.29 is 5.11 Å². The highest BCUT2D eigenvalue weighted by molar-refractivity contribution is 7.07. The van der Waals surface area contributed by atoms with E-state index >= 15 is 0 Å². The summed E-state index contributed by atoms with van der Waals surface area (Å²) in [6.45, 7) is 45.8. The molecule has 1 N–H and O–H groups in total. The second kappa shape index (κ2) is 10.4. The average Bonchev–Trinajstić information content (AvgIpc) is 2.78. The average molecular weight is 677 g/mol. The number of aromatic hydroxyl groups is 1. The molecule has 7 heteroatoms. The summed E-state index contributed by atoms with van der Waals surface area (Å²) in [6, 6.07) is 11.7. The highest BCUT2D eigenvalue weighted by atomic mass is 28.3. The molecule has 0 aliphatic rings. The molecule has 234 valence electrons. The molecule has 1 nitrogen and oxygen atoms in total. The molecule has 0 aromatic heterocycles. The Balaban J connectivity index is 2.71. The fourth-order valence-electron chi connectivity index (χ4n) is 7.69. The van der Waals surface area contributed by atoms with Gasteiger partial charge in [0.1, 0.15) is 5.75 Å². The standard InChI is InChI=1S/C36H60OSi6/c1-38(2,3)27-23-26-24-21-19-20-22-25(24)28-30(29(26)33(40(7,8)9)32(27)39(4,5)6)34(41(10,11)12)36(43(16,17)18)35(31(28)37)42(13,14)15/h19-23,37H,1-18H3. The lowest BCUT2D eigenvalue weighted by Crippen LogP contribution is -2.68. The van der Waals surface area contributed by atoms with E-state index in [1.165, 1.54) is 32.1 Å². The minimum Gasteiger partial charge on any atom is -0.507 e. The predicted octanol–water partition coefficient (Wildman–Crippen LogP) is 8.12. The van der Waals surface area contributed by atoms with Crippen LogP contribution < -0.4 is 31.1 Å². The van der Waals surface area contributed by atoms with Crippen LogP contribution in [0.25, 0.3) is 32.3 Å². The van der Waals surface area contributed by atoms with Gasteiger partial charge in [0.25, 0.3) is 0 Å². The molecule has 0 amide bonds. The van der Waals surface area contributed by atoms with Crippen molar-refractivity contribution in [1.82, 2.24) is 0 Å². The van der Waals surface area contributed by atoms with Gasteiger partial charge in [-0.05, 0) is 32.1 Å². The molecular formula is C36H60OSi6.